The van der Waals surface area contributed by atoms with Crippen molar-refractivity contribution in [2.24, 2.45) is 0 Å². The van der Waals surface area contributed by atoms with Crippen molar-refractivity contribution < 1.29 is 18.7 Å². The normalized spacial score (nSPS) is 15.8. The number of fused-ring (bicyclic) bond motifs is 3. The summed E-state index contributed by atoms with van der Waals surface area (Å²) in [6.45, 7) is 3.32. The molecule has 1 aliphatic rings. The van der Waals surface area contributed by atoms with E-state index in [0.29, 0.717) is 40.0 Å². The molecule has 1 aromatic carbocycles. The zero-order chi connectivity index (χ0) is 20.8. The van der Waals surface area contributed by atoms with E-state index in [2.05, 4.69) is 15.1 Å². The summed E-state index contributed by atoms with van der Waals surface area (Å²) in [6.07, 6.45) is 3.11. The van der Waals surface area contributed by atoms with Crippen LogP contribution in [0, 0.1) is 0 Å². The lowest BCUT2D eigenvalue weighted by atomic mass is 9.82. The molecule has 0 aliphatic carbocycles. The smallest absolute Gasteiger partial charge is 0.228 e. The molecule has 0 N–H and O–H groups in total. The van der Waals surface area contributed by atoms with Crippen molar-refractivity contribution in [3.63, 3.8) is 0 Å². The highest BCUT2D eigenvalue weighted by molar-refractivity contribution is 5.97. The van der Waals surface area contributed by atoms with E-state index in [1.54, 1.807) is 43.3 Å². The molecule has 1 atom stereocenters. The Kier molecular flexibility index (Phi) is 4.13. The number of carbonyl (C=O) groups excluding carboxylic acids is 1. The minimum absolute atomic E-state index is 0.0771. The van der Waals surface area contributed by atoms with Crippen molar-refractivity contribution in [2.75, 3.05) is 7.11 Å². The minimum Gasteiger partial charge on any atom is -0.497 e. The van der Waals surface area contributed by atoms with Crippen molar-refractivity contribution in [3.05, 3.63) is 71.4 Å². The number of hydrogen-bond donors (Lipinski definition) is 0. The van der Waals surface area contributed by atoms with Gasteiger partial charge in [-0.1, -0.05) is 12.1 Å². The van der Waals surface area contributed by atoms with E-state index in [1.807, 2.05) is 24.3 Å². The first-order valence-electron chi connectivity index (χ1n) is 9.39. The fourth-order valence-corrected chi connectivity index (χ4v) is 3.83. The number of aromatic nitrogens is 4. The number of allylic oxidation sites excluding steroid dienone is 2. The summed E-state index contributed by atoms with van der Waals surface area (Å²) in [5, 5.41) is 4.48. The van der Waals surface area contributed by atoms with Gasteiger partial charge in [-0.3, -0.25) is 4.79 Å². The van der Waals surface area contributed by atoms with Gasteiger partial charge in [-0.25, -0.2) is 14.5 Å². The first kappa shape index (κ1) is 18.1. The number of Topliss-reactive ketones (excluding diaryl/α,β-unsaturated/α-hetero) is 1. The molecule has 4 aromatic rings. The van der Waals surface area contributed by atoms with Gasteiger partial charge < -0.3 is 13.9 Å². The summed E-state index contributed by atoms with van der Waals surface area (Å²) >= 11 is 0. The number of ketones is 1. The van der Waals surface area contributed by atoms with Crippen LogP contribution in [0.2, 0.25) is 0 Å². The molecule has 30 heavy (non-hydrogen) atoms. The van der Waals surface area contributed by atoms with Gasteiger partial charge in [0.15, 0.2) is 17.2 Å². The maximum absolute atomic E-state index is 12.6. The molecule has 8 nitrogen and oxygen atoms in total. The van der Waals surface area contributed by atoms with Crippen LogP contribution in [-0.2, 0) is 4.79 Å². The van der Waals surface area contributed by atoms with Gasteiger partial charge in [0.2, 0.25) is 11.7 Å². The highest BCUT2D eigenvalue weighted by Crippen LogP contribution is 2.44. The number of rotatable bonds is 4. The van der Waals surface area contributed by atoms with Gasteiger partial charge in [-0.05, 0) is 43.7 Å². The maximum atomic E-state index is 12.6. The molecule has 0 unspecified atom stereocenters. The molecule has 150 valence electrons. The Hall–Kier alpha value is -3.94. The molecule has 4 heterocycles. The Morgan fingerprint density at radius 3 is 2.67 bits per heavy atom. The Morgan fingerprint density at radius 1 is 1.20 bits per heavy atom. The minimum atomic E-state index is -0.401. The van der Waals surface area contributed by atoms with E-state index in [9.17, 15) is 4.79 Å². The molecule has 8 heteroatoms. The zero-order valence-electron chi connectivity index (χ0n) is 16.6. The summed E-state index contributed by atoms with van der Waals surface area (Å²) in [5.74, 6) is 2.16. The van der Waals surface area contributed by atoms with E-state index in [4.69, 9.17) is 13.9 Å². The van der Waals surface area contributed by atoms with Gasteiger partial charge in [0, 0.05) is 11.5 Å². The number of hydrogen-bond acceptors (Lipinski definition) is 7. The SMILES string of the molecule is COc1ccc([C@@H]2C(C(C)=O)=C(C)Oc3ncn4nc(-c5ccco5)nc4c32)cc1. The van der Waals surface area contributed by atoms with Gasteiger partial charge in [-0.2, -0.15) is 0 Å². The predicted octanol–water partition coefficient (Wildman–Crippen LogP) is 3.78. The van der Waals surface area contributed by atoms with Crippen LogP contribution >= 0.6 is 0 Å². The van der Waals surface area contributed by atoms with Crippen LogP contribution in [-0.4, -0.2) is 32.5 Å². The lowest BCUT2D eigenvalue weighted by Crippen LogP contribution is -2.22. The Morgan fingerprint density at radius 2 is 2.00 bits per heavy atom. The molecule has 3 aromatic heterocycles. The standard InChI is InChI=1S/C22H18N4O4/c1-12(27)17-13(2)30-22-19(18(17)14-6-8-15(28-3)9-7-14)21-24-20(16-5-4-10-29-16)25-26(21)11-23-22/h4-11,18H,1-3H3/t18-/m1/s1. The average Bonchev–Trinajstić information content (AvgIpc) is 3.42. The number of benzene rings is 1. The second-order valence-corrected chi connectivity index (χ2v) is 6.98. The molecule has 0 saturated heterocycles. The molecule has 0 fully saturated rings. The summed E-state index contributed by atoms with van der Waals surface area (Å²) in [6, 6.07) is 11.2. The van der Waals surface area contributed by atoms with E-state index < -0.39 is 5.92 Å². The number of ether oxygens (including phenoxy) is 2. The third-order valence-electron chi connectivity index (χ3n) is 5.16. The monoisotopic (exact) mass is 402 g/mol. The van der Waals surface area contributed by atoms with Crippen LogP contribution in [0.15, 0.2) is 64.7 Å². The predicted molar refractivity (Wildman–Crippen MR) is 107 cm³/mol. The van der Waals surface area contributed by atoms with Crippen LogP contribution in [0.3, 0.4) is 0 Å². The second kappa shape index (κ2) is 6.84. The molecular formula is C22H18N4O4. The first-order chi connectivity index (χ1) is 14.6. The lowest BCUT2D eigenvalue weighted by Gasteiger charge is -2.28. The molecule has 5 rings (SSSR count). The highest BCUT2D eigenvalue weighted by atomic mass is 16.5. The van der Waals surface area contributed by atoms with Crippen LogP contribution in [0.4, 0.5) is 0 Å². The third-order valence-corrected chi connectivity index (χ3v) is 5.16. The Balaban J connectivity index is 1.77. The van der Waals surface area contributed by atoms with Gasteiger partial charge in [-0.15, -0.1) is 5.10 Å². The van der Waals surface area contributed by atoms with Crippen LogP contribution < -0.4 is 9.47 Å². The molecule has 0 bridgehead atoms. The largest absolute Gasteiger partial charge is 0.497 e. The summed E-state index contributed by atoms with van der Waals surface area (Å²) < 4.78 is 18.2. The first-order valence-corrected chi connectivity index (χ1v) is 9.39. The van der Waals surface area contributed by atoms with Gasteiger partial charge in [0.1, 0.15) is 17.8 Å². The third kappa shape index (κ3) is 2.76. The average molecular weight is 402 g/mol. The molecule has 0 saturated carbocycles. The Bertz CT molecular complexity index is 1290. The second-order valence-electron chi connectivity index (χ2n) is 6.98. The number of furan rings is 1. The van der Waals surface area contributed by atoms with Crippen molar-refractivity contribution in [3.8, 4) is 23.2 Å². The van der Waals surface area contributed by atoms with E-state index in [-0.39, 0.29) is 5.78 Å². The topological polar surface area (TPSA) is 91.8 Å². The Labute approximate surface area is 171 Å². The summed E-state index contributed by atoms with van der Waals surface area (Å²) in [4.78, 5) is 21.7. The highest BCUT2D eigenvalue weighted by Gasteiger charge is 2.36. The van der Waals surface area contributed by atoms with Crippen molar-refractivity contribution in [2.45, 2.75) is 19.8 Å². The fraction of sp³-hybridized carbons (Fsp3) is 0.182. The zero-order valence-corrected chi connectivity index (χ0v) is 16.6. The summed E-state index contributed by atoms with van der Waals surface area (Å²) in [5.41, 5.74) is 2.70. The van der Waals surface area contributed by atoms with Crippen molar-refractivity contribution in [1.82, 2.24) is 19.6 Å². The molecule has 0 radical (unpaired) electrons. The van der Waals surface area contributed by atoms with E-state index >= 15 is 0 Å². The fourth-order valence-electron chi connectivity index (χ4n) is 3.83. The number of carbonyl (C=O) groups is 1. The summed E-state index contributed by atoms with van der Waals surface area (Å²) in [7, 11) is 1.61. The van der Waals surface area contributed by atoms with Crippen molar-refractivity contribution >= 4 is 11.4 Å². The van der Waals surface area contributed by atoms with Gasteiger partial charge in [0.25, 0.3) is 0 Å². The molecule has 0 amide bonds. The van der Waals surface area contributed by atoms with E-state index in [0.717, 1.165) is 11.3 Å². The van der Waals surface area contributed by atoms with Crippen molar-refractivity contribution in [1.29, 1.82) is 0 Å². The number of nitrogens with zero attached hydrogens (tertiary/aromatic N) is 4. The molecule has 0 spiro atoms. The quantitative estimate of drug-likeness (QED) is 0.513. The lowest BCUT2D eigenvalue weighted by molar-refractivity contribution is -0.114. The molecular weight excluding hydrogens is 384 g/mol. The van der Waals surface area contributed by atoms with Gasteiger partial charge >= 0.3 is 0 Å². The van der Waals surface area contributed by atoms with Crippen LogP contribution in [0.1, 0.15) is 30.9 Å². The van der Waals surface area contributed by atoms with Gasteiger partial charge in [0.05, 0.1) is 18.9 Å². The van der Waals surface area contributed by atoms with E-state index in [1.165, 1.54) is 6.92 Å². The maximum Gasteiger partial charge on any atom is 0.228 e. The van der Waals surface area contributed by atoms with Crippen LogP contribution in [0.25, 0.3) is 17.2 Å². The number of methoxy groups -OCH3 is 1. The van der Waals surface area contributed by atoms with Crippen LogP contribution in [0.5, 0.6) is 11.6 Å². The molecule has 1 aliphatic heterocycles.